The van der Waals surface area contributed by atoms with E-state index in [0.717, 1.165) is 46.5 Å². The summed E-state index contributed by atoms with van der Waals surface area (Å²) in [4.78, 5) is 51.1. The summed E-state index contributed by atoms with van der Waals surface area (Å²) in [5, 5.41) is 109. The van der Waals surface area contributed by atoms with Crippen LogP contribution in [0.5, 0.6) is 5.75 Å². The van der Waals surface area contributed by atoms with Crippen LogP contribution in [0.1, 0.15) is 95.8 Å². The van der Waals surface area contributed by atoms with E-state index in [4.69, 9.17) is 37.9 Å². The zero-order chi connectivity index (χ0) is 57.4. The topological polar surface area (TPSA) is 439 Å². The summed E-state index contributed by atoms with van der Waals surface area (Å²) in [5.74, 6) is -2.84. The maximum absolute atomic E-state index is 13.8. The molecule has 4 aliphatic heterocycles. The number of nitrogens with one attached hydrogen (secondary N) is 4. The Kier molecular flexibility index (Phi) is 25.7. The van der Waals surface area contributed by atoms with Crippen molar-refractivity contribution in [3.63, 3.8) is 0 Å². The average Bonchev–Trinajstić information content (AvgIpc) is 3.47. The van der Waals surface area contributed by atoms with Gasteiger partial charge in [0.25, 0.3) is 5.91 Å². The highest BCUT2D eigenvalue weighted by molar-refractivity contribution is 7.80. The number of amides is 4. The number of carbonyl (C=O) groups excluding carboxylic acids is 4. The molecule has 29 nitrogen and oxygen atoms in total. The molecule has 13 N–H and O–H groups in total. The predicted molar refractivity (Wildman–Crippen MR) is 262 cm³/mol. The molecule has 10 unspecified atom stereocenters. The van der Waals surface area contributed by atoms with Gasteiger partial charge in [-0.15, -0.1) is 0 Å². The van der Waals surface area contributed by atoms with E-state index in [-0.39, 0.29) is 5.56 Å². The molecule has 30 heteroatoms. The molecule has 78 heavy (non-hydrogen) atoms. The summed E-state index contributed by atoms with van der Waals surface area (Å²) in [6.07, 6.45) is -19.6. The van der Waals surface area contributed by atoms with E-state index in [1.807, 2.05) is 0 Å². The van der Waals surface area contributed by atoms with Gasteiger partial charge in [0.15, 0.2) is 25.2 Å². The highest BCUT2D eigenvalue weighted by Crippen LogP contribution is 2.35. The third-order valence-corrected chi connectivity index (χ3v) is 14.0. The molecule has 0 aromatic heterocycles. The Morgan fingerprint density at radius 1 is 0.564 bits per heavy atom. The van der Waals surface area contributed by atoms with E-state index >= 15 is 0 Å². The third kappa shape index (κ3) is 18.1. The van der Waals surface area contributed by atoms with E-state index in [0.29, 0.717) is 12.4 Å². The van der Waals surface area contributed by atoms with Gasteiger partial charge in [-0.05, 0) is 24.6 Å². The van der Waals surface area contributed by atoms with Crippen molar-refractivity contribution in [2.45, 2.75) is 208 Å². The number of carbonyl (C=O) groups is 4. The van der Waals surface area contributed by atoms with Crippen molar-refractivity contribution >= 4 is 34.0 Å². The van der Waals surface area contributed by atoms with E-state index in [1.54, 1.807) is 12.1 Å². The number of aliphatic hydroxyl groups excluding tert-OH is 9. The molecule has 1 aromatic carbocycles. The summed E-state index contributed by atoms with van der Waals surface area (Å²) >= 11 is 0. The Morgan fingerprint density at radius 3 is 1.47 bits per heavy atom. The fraction of sp³-hybridized carbons (Fsp3) is 0.792. The molecule has 20 atom stereocenters. The first kappa shape index (κ1) is 64.9. The SMILES string of the molecule is CCCCCCCCCCCOc1cccc(C(=O)N[C@H]2C(O[C@H]3C(O)C(NC(C)=O)C(O[C@H]4C(CO)O[C@@H](O[C@H]5C(O)C(NC(C)=O)C(O)O[C@@H]5COS(=O)(=O)[O-])[C@H](NC(C)=O)C4O)O[C@@H]3CO)OC(CO)[C@H](O)[C@@H]2O)c1. The highest BCUT2D eigenvalue weighted by Gasteiger charge is 2.56. The standard InChI is InChI=1S/C48H78N4O25S/c1-5-6-7-8-9-10-11-12-13-17-69-27-16-14-15-26(18-27)44(64)52-33-37(60)36(59)28(19-53)72-46(33)75-41-29(20-54)73-47(34(39(41)62)50-24(3)57)76-42-30(21-55)74-48(35(40(42)63)51-25(4)58)77-43-31(22-70-78(66,67)68)71-45(65)32(38(43)61)49-23(2)56/h14-16,18,28-43,45-48,53-55,59-63,65H,5-13,17,19-22H2,1-4H3,(H,49,56)(H,50,57)(H,51,58)(H,52,64)(H,66,67,68)/p-1/t28?,29-,30?,31-,32?,33-,34?,35-,36+,37-,38?,39?,40?,41-,42+,43-,45?,46?,47?,48+/m1/s1. The van der Waals surface area contributed by atoms with E-state index in [9.17, 15) is 78.1 Å². The minimum absolute atomic E-state index is 0.0706. The minimum Gasteiger partial charge on any atom is -0.726 e. The second-order valence-electron chi connectivity index (χ2n) is 19.6. The number of hydrogen-bond acceptors (Lipinski definition) is 25. The molecule has 0 saturated carbocycles. The Hall–Kier alpha value is -3.87. The quantitative estimate of drug-likeness (QED) is 0.0214. The van der Waals surface area contributed by atoms with Crippen LogP contribution < -0.4 is 26.0 Å². The molecule has 4 aliphatic rings. The number of ether oxygens (including phenoxy) is 8. The van der Waals surface area contributed by atoms with Gasteiger partial charge < -0.3 is 110 Å². The number of unbranched alkanes of at least 4 members (excludes halogenated alkanes) is 8. The largest absolute Gasteiger partial charge is 0.726 e. The Labute approximate surface area is 451 Å². The van der Waals surface area contributed by atoms with Gasteiger partial charge in [-0.3, -0.25) is 23.4 Å². The zero-order valence-corrected chi connectivity index (χ0v) is 44.5. The van der Waals surface area contributed by atoms with Crippen molar-refractivity contribution in [3.05, 3.63) is 29.8 Å². The molecule has 5 rings (SSSR count). The Bertz CT molecular complexity index is 2170. The van der Waals surface area contributed by atoms with Crippen molar-refractivity contribution in [1.82, 2.24) is 21.3 Å². The molecule has 446 valence electrons. The third-order valence-electron chi connectivity index (χ3n) is 13.6. The monoisotopic (exact) mass is 1140 g/mol. The molecule has 0 aliphatic carbocycles. The number of benzene rings is 1. The van der Waals surface area contributed by atoms with Crippen LogP contribution >= 0.6 is 0 Å². The number of hydrogen-bond donors (Lipinski definition) is 13. The van der Waals surface area contributed by atoms with Crippen LogP contribution in [0.25, 0.3) is 0 Å². The second-order valence-corrected chi connectivity index (χ2v) is 20.6. The molecule has 1 aromatic rings. The van der Waals surface area contributed by atoms with E-state index in [2.05, 4.69) is 32.4 Å². The summed E-state index contributed by atoms with van der Waals surface area (Å²) in [5.41, 5.74) is 0.0706. The first-order valence-corrected chi connectivity index (χ1v) is 27.3. The molecule has 0 radical (unpaired) electrons. The van der Waals surface area contributed by atoms with Crippen LogP contribution in [-0.2, 0) is 62.1 Å². The molecule has 0 spiro atoms. The van der Waals surface area contributed by atoms with Crippen LogP contribution in [-0.4, -0.2) is 238 Å². The molecule has 4 amide bonds. The van der Waals surface area contributed by atoms with Crippen molar-refractivity contribution in [1.29, 1.82) is 0 Å². The maximum Gasteiger partial charge on any atom is 0.251 e. The second kappa shape index (κ2) is 30.8. The van der Waals surface area contributed by atoms with Crippen LogP contribution in [0.4, 0.5) is 0 Å². The Balaban J connectivity index is 1.34. The summed E-state index contributed by atoms with van der Waals surface area (Å²) in [7, 11) is -5.41. The lowest BCUT2D eigenvalue weighted by atomic mass is 9.93. The number of aliphatic hydroxyl groups is 9. The fourth-order valence-corrected chi connectivity index (χ4v) is 9.94. The van der Waals surface area contributed by atoms with Gasteiger partial charge in [0.2, 0.25) is 28.1 Å². The molecular formula is C48H77N4O25S-. The van der Waals surface area contributed by atoms with Gasteiger partial charge >= 0.3 is 0 Å². The fourth-order valence-electron chi connectivity index (χ4n) is 9.64. The van der Waals surface area contributed by atoms with Gasteiger partial charge in [-0.1, -0.05) is 64.4 Å². The van der Waals surface area contributed by atoms with E-state index in [1.165, 1.54) is 44.2 Å². The first-order chi connectivity index (χ1) is 37.0. The molecule has 4 heterocycles. The van der Waals surface area contributed by atoms with E-state index < -0.39 is 183 Å². The molecular weight excluding hydrogens is 1060 g/mol. The van der Waals surface area contributed by atoms with Crippen molar-refractivity contribution in [3.8, 4) is 5.75 Å². The number of rotatable bonds is 28. The van der Waals surface area contributed by atoms with Crippen LogP contribution in [0, 0.1) is 0 Å². The normalized spacial score (nSPS) is 35.3. The minimum atomic E-state index is -5.41. The Morgan fingerprint density at radius 2 is 1.00 bits per heavy atom. The van der Waals surface area contributed by atoms with Crippen LogP contribution in [0.3, 0.4) is 0 Å². The lowest BCUT2D eigenvalue weighted by Gasteiger charge is -2.51. The van der Waals surface area contributed by atoms with Gasteiger partial charge in [-0.2, -0.15) is 0 Å². The predicted octanol–water partition coefficient (Wildman–Crippen LogP) is -4.49. The molecule has 4 fully saturated rings. The lowest BCUT2D eigenvalue weighted by molar-refractivity contribution is -0.361. The lowest BCUT2D eigenvalue weighted by Crippen LogP contribution is -2.71. The summed E-state index contributed by atoms with van der Waals surface area (Å²) in [6, 6.07) is -0.636. The van der Waals surface area contributed by atoms with Gasteiger partial charge in [-0.25, -0.2) is 8.42 Å². The van der Waals surface area contributed by atoms with Crippen LogP contribution in [0.2, 0.25) is 0 Å². The average molecular weight is 1140 g/mol. The maximum atomic E-state index is 13.8. The zero-order valence-electron chi connectivity index (χ0n) is 43.7. The smallest absolute Gasteiger partial charge is 0.251 e. The molecule has 0 bridgehead atoms. The van der Waals surface area contributed by atoms with Gasteiger partial charge in [0.05, 0.1) is 33.0 Å². The van der Waals surface area contributed by atoms with Crippen molar-refractivity contribution in [2.75, 3.05) is 33.0 Å². The van der Waals surface area contributed by atoms with Crippen molar-refractivity contribution < 1.29 is 120 Å². The highest BCUT2D eigenvalue weighted by atomic mass is 32.3. The van der Waals surface area contributed by atoms with Crippen molar-refractivity contribution in [2.24, 2.45) is 0 Å². The van der Waals surface area contributed by atoms with Gasteiger partial charge in [0, 0.05) is 26.3 Å². The van der Waals surface area contributed by atoms with Crippen LogP contribution in [0.15, 0.2) is 24.3 Å². The summed E-state index contributed by atoms with van der Waals surface area (Å²) in [6.45, 7) is 1.58. The van der Waals surface area contributed by atoms with Gasteiger partial charge in [0.1, 0.15) is 103 Å². The first-order valence-electron chi connectivity index (χ1n) is 26.0. The molecule has 4 saturated heterocycles. The summed E-state index contributed by atoms with van der Waals surface area (Å²) < 4.78 is 85.7.